The predicted molar refractivity (Wildman–Crippen MR) is 69.0 cm³/mol. The first-order chi connectivity index (χ1) is 7.77. The molecule has 16 heavy (non-hydrogen) atoms. The Morgan fingerprint density at radius 3 is 2.62 bits per heavy atom. The molecule has 0 saturated heterocycles. The maximum absolute atomic E-state index is 5.98. The average Bonchev–Trinajstić information content (AvgIpc) is 2.30. The lowest BCUT2D eigenvalue weighted by molar-refractivity contribution is 0.192. The Balaban J connectivity index is 2.46. The highest BCUT2D eigenvalue weighted by Gasteiger charge is 2.08. The van der Waals surface area contributed by atoms with Gasteiger partial charge in [0.2, 0.25) is 0 Å². The zero-order valence-electron chi connectivity index (χ0n) is 10.6. The van der Waals surface area contributed by atoms with Gasteiger partial charge < -0.3 is 10.1 Å². The van der Waals surface area contributed by atoms with Crippen LogP contribution < -0.4 is 10.1 Å². The first-order valence-electron chi connectivity index (χ1n) is 6.20. The van der Waals surface area contributed by atoms with Crippen molar-refractivity contribution in [2.24, 2.45) is 0 Å². The van der Waals surface area contributed by atoms with E-state index in [-0.39, 0.29) is 6.10 Å². The second kappa shape index (κ2) is 7.29. The number of aryl methyl sites for hydroxylation is 1. The number of ether oxygens (including phenoxy) is 1. The van der Waals surface area contributed by atoms with Crippen LogP contribution >= 0.6 is 0 Å². The van der Waals surface area contributed by atoms with Crippen LogP contribution in [0.25, 0.3) is 0 Å². The van der Waals surface area contributed by atoms with E-state index in [0.717, 1.165) is 25.3 Å². The van der Waals surface area contributed by atoms with Gasteiger partial charge in [0.15, 0.2) is 0 Å². The second-order valence-corrected chi connectivity index (χ2v) is 4.12. The SMILES string of the molecule is CCCNC[C@@H](CC)Oc1ccccc1C. The van der Waals surface area contributed by atoms with E-state index in [1.54, 1.807) is 0 Å². The van der Waals surface area contributed by atoms with Crippen LogP contribution in [0.3, 0.4) is 0 Å². The maximum atomic E-state index is 5.98. The molecule has 1 rings (SSSR count). The summed E-state index contributed by atoms with van der Waals surface area (Å²) in [5.74, 6) is 1.01. The van der Waals surface area contributed by atoms with Crippen LogP contribution in [0.1, 0.15) is 32.3 Å². The lowest BCUT2D eigenvalue weighted by Gasteiger charge is -2.19. The molecule has 0 unspecified atom stereocenters. The van der Waals surface area contributed by atoms with Gasteiger partial charge in [0.05, 0.1) is 0 Å². The standard InChI is InChI=1S/C14H23NO/c1-4-10-15-11-13(5-2)16-14-9-7-6-8-12(14)3/h6-9,13,15H,4-5,10-11H2,1-3H3/t13-/m1/s1. The Kier molecular flexibility index (Phi) is 5.94. The van der Waals surface area contributed by atoms with E-state index in [0.29, 0.717) is 0 Å². The molecule has 0 aliphatic rings. The zero-order chi connectivity index (χ0) is 11.8. The Morgan fingerprint density at radius 2 is 2.00 bits per heavy atom. The van der Waals surface area contributed by atoms with Gasteiger partial charge in [-0.15, -0.1) is 0 Å². The topological polar surface area (TPSA) is 21.3 Å². The summed E-state index contributed by atoms with van der Waals surface area (Å²) in [5, 5.41) is 3.40. The molecule has 2 nitrogen and oxygen atoms in total. The van der Waals surface area contributed by atoms with Gasteiger partial charge >= 0.3 is 0 Å². The van der Waals surface area contributed by atoms with Crippen molar-refractivity contribution in [3.05, 3.63) is 29.8 Å². The van der Waals surface area contributed by atoms with Crippen LogP contribution in [0.5, 0.6) is 5.75 Å². The molecule has 0 radical (unpaired) electrons. The van der Waals surface area contributed by atoms with Gasteiger partial charge in [-0.05, 0) is 37.9 Å². The van der Waals surface area contributed by atoms with Crippen molar-refractivity contribution in [1.82, 2.24) is 5.32 Å². The molecule has 0 spiro atoms. The number of para-hydroxylation sites is 1. The third kappa shape index (κ3) is 4.23. The van der Waals surface area contributed by atoms with Crippen LogP contribution in [-0.2, 0) is 0 Å². The van der Waals surface area contributed by atoms with Crippen molar-refractivity contribution in [1.29, 1.82) is 0 Å². The van der Waals surface area contributed by atoms with Gasteiger partial charge in [-0.3, -0.25) is 0 Å². The largest absolute Gasteiger partial charge is 0.489 e. The van der Waals surface area contributed by atoms with Crippen molar-refractivity contribution in [2.45, 2.75) is 39.7 Å². The number of hydrogen-bond acceptors (Lipinski definition) is 2. The van der Waals surface area contributed by atoms with Crippen molar-refractivity contribution < 1.29 is 4.74 Å². The quantitative estimate of drug-likeness (QED) is 0.714. The van der Waals surface area contributed by atoms with Gasteiger partial charge in [-0.25, -0.2) is 0 Å². The predicted octanol–water partition coefficient (Wildman–Crippen LogP) is 3.15. The fourth-order valence-electron chi connectivity index (χ4n) is 1.58. The molecule has 0 heterocycles. The molecular formula is C14H23NO. The summed E-state index contributed by atoms with van der Waals surface area (Å²) in [4.78, 5) is 0. The summed E-state index contributed by atoms with van der Waals surface area (Å²) in [7, 11) is 0. The van der Waals surface area contributed by atoms with Crippen molar-refractivity contribution in [3.8, 4) is 5.75 Å². The summed E-state index contributed by atoms with van der Waals surface area (Å²) >= 11 is 0. The van der Waals surface area contributed by atoms with E-state index in [1.807, 2.05) is 18.2 Å². The fraction of sp³-hybridized carbons (Fsp3) is 0.571. The molecular weight excluding hydrogens is 198 g/mol. The minimum absolute atomic E-state index is 0.271. The van der Waals surface area contributed by atoms with E-state index >= 15 is 0 Å². The molecule has 1 aromatic rings. The van der Waals surface area contributed by atoms with Gasteiger partial charge in [-0.2, -0.15) is 0 Å². The van der Waals surface area contributed by atoms with Gasteiger partial charge in [-0.1, -0.05) is 32.0 Å². The van der Waals surface area contributed by atoms with Crippen LogP contribution in [0.15, 0.2) is 24.3 Å². The Morgan fingerprint density at radius 1 is 1.25 bits per heavy atom. The van der Waals surface area contributed by atoms with E-state index in [4.69, 9.17) is 4.74 Å². The molecule has 2 heteroatoms. The molecule has 0 bridgehead atoms. The molecule has 1 atom stereocenters. The highest BCUT2D eigenvalue weighted by molar-refractivity contribution is 5.31. The average molecular weight is 221 g/mol. The monoisotopic (exact) mass is 221 g/mol. The van der Waals surface area contributed by atoms with Crippen molar-refractivity contribution >= 4 is 0 Å². The third-order valence-electron chi connectivity index (χ3n) is 2.64. The van der Waals surface area contributed by atoms with Crippen molar-refractivity contribution in [2.75, 3.05) is 13.1 Å². The molecule has 0 aliphatic carbocycles. The summed E-state index contributed by atoms with van der Waals surface area (Å²) in [6.45, 7) is 8.42. The van der Waals surface area contributed by atoms with Crippen molar-refractivity contribution in [3.63, 3.8) is 0 Å². The summed E-state index contributed by atoms with van der Waals surface area (Å²) in [6, 6.07) is 8.19. The lowest BCUT2D eigenvalue weighted by atomic mass is 10.2. The first kappa shape index (κ1) is 13.0. The van der Waals surface area contributed by atoms with Crippen LogP contribution in [0.2, 0.25) is 0 Å². The molecule has 0 saturated carbocycles. The minimum Gasteiger partial charge on any atom is -0.489 e. The smallest absolute Gasteiger partial charge is 0.122 e. The van der Waals surface area contributed by atoms with Crippen LogP contribution in [-0.4, -0.2) is 19.2 Å². The second-order valence-electron chi connectivity index (χ2n) is 4.12. The van der Waals surface area contributed by atoms with E-state index in [9.17, 15) is 0 Å². The number of hydrogen-bond donors (Lipinski definition) is 1. The number of benzene rings is 1. The Hall–Kier alpha value is -1.02. The Labute approximate surface area is 99.0 Å². The van der Waals surface area contributed by atoms with E-state index in [1.165, 1.54) is 12.0 Å². The first-order valence-corrected chi connectivity index (χ1v) is 6.20. The van der Waals surface area contributed by atoms with Gasteiger partial charge in [0.25, 0.3) is 0 Å². The van der Waals surface area contributed by atoms with Gasteiger partial charge in [0, 0.05) is 6.54 Å². The molecule has 90 valence electrons. The minimum atomic E-state index is 0.271. The number of rotatable bonds is 7. The fourth-order valence-corrected chi connectivity index (χ4v) is 1.58. The number of nitrogens with one attached hydrogen (secondary N) is 1. The van der Waals surface area contributed by atoms with Gasteiger partial charge in [0.1, 0.15) is 11.9 Å². The lowest BCUT2D eigenvalue weighted by Crippen LogP contribution is -2.31. The molecule has 1 N–H and O–H groups in total. The van der Waals surface area contributed by atoms with E-state index in [2.05, 4.69) is 32.2 Å². The van der Waals surface area contributed by atoms with Crippen LogP contribution in [0.4, 0.5) is 0 Å². The van der Waals surface area contributed by atoms with Crippen LogP contribution in [0, 0.1) is 6.92 Å². The normalized spacial score (nSPS) is 12.4. The summed E-state index contributed by atoms with van der Waals surface area (Å²) in [5.41, 5.74) is 1.21. The highest BCUT2D eigenvalue weighted by atomic mass is 16.5. The van der Waals surface area contributed by atoms with E-state index < -0.39 is 0 Å². The summed E-state index contributed by atoms with van der Waals surface area (Å²) < 4.78 is 5.98. The zero-order valence-corrected chi connectivity index (χ0v) is 10.6. The molecule has 0 aromatic heterocycles. The maximum Gasteiger partial charge on any atom is 0.122 e. The molecule has 0 amide bonds. The molecule has 0 aliphatic heterocycles. The molecule has 0 fully saturated rings. The Bertz CT molecular complexity index is 299. The highest BCUT2D eigenvalue weighted by Crippen LogP contribution is 2.18. The third-order valence-corrected chi connectivity index (χ3v) is 2.64. The molecule has 1 aromatic carbocycles. The summed E-state index contributed by atoms with van der Waals surface area (Å²) in [6.07, 6.45) is 2.47.